The molecule has 1 N–H and O–H groups in total. The van der Waals surface area contributed by atoms with Crippen molar-refractivity contribution in [2.75, 3.05) is 32.6 Å². The number of amides is 1. The first-order valence-electron chi connectivity index (χ1n) is 12.2. The van der Waals surface area contributed by atoms with E-state index in [1.165, 1.54) is 6.33 Å². The third kappa shape index (κ3) is 6.81. The standard InChI is InChI=1S/C27H33BrN4O5/c1-27(2,3)37-26(33)32-10-8-19(9-11-32)36-15-17-12-20-21(14-24(17)35-5)29-16-30-25(20)31-22-13-18(28)6-7-23(22)34-4/h6-7,12-14,16,19H,8-11,15H2,1-5H3,(H,29,30,31). The molecule has 1 amide bonds. The number of rotatable bonds is 7. The molecule has 1 aromatic heterocycles. The molecular weight excluding hydrogens is 540 g/mol. The van der Waals surface area contributed by atoms with E-state index in [1.807, 2.05) is 51.1 Å². The van der Waals surface area contributed by atoms with Crippen molar-refractivity contribution >= 4 is 44.4 Å². The highest BCUT2D eigenvalue weighted by Gasteiger charge is 2.27. The molecule has 1 aliphatic heterocycles. The number of methoxy groups -OCH3 is 2. The highest BCUT2D eigenvalue weighted by molar-refractivity contribution is 9.10. The summed E-state index contributed by atoms with van der Waals surface area (Å²) in [6.45, 7) is 7.19. The number of aromatic nitrogens is 2. The van der Waals surface area contributed by atoms with E-state index in [9.17, 15) is 4.79 Å². The van der Waals surface area contributed by atoms with Crippen LogP contribution in [-0.4, -0.2) is 60.0 Å². The van der Waals surface area contributed by atoms with E-state index in [0.717, 1.165) is 39.5 Å². The van der Waals surface area contributed by atoms with Crippen molar-refractivity contribution in [2.45, 2.75) is 51.9 Å². The number of likely N-dealkylation sites (tertiary alicyclic amines) is 1. The third-order valence-corrected chi connectivity index (χ3v) is 6.51. The Balaban J connectivity index is 1.48. The van der Waals surface area contributed by atoms with Crippen LogP contribution in [0, 0.1) is 0 Å². The molecule has 0 radical (unpaired) electrons. The Kier molecular flexibility index (Phi) is 8.39. The number of hydrogen-bond acceptors (Lipinski definition) is 8. The molecule has 0 spiro atoms. The molecule has 3 aromatic rings. The Morgan fingerprint density at radius 2 is 1.81 bits per heavy atom. The van der Waals surface area contributed by atoms with Crippen LogP contribution in [0.1, 0.15) is 39.2 Å². The van der Waals surface area contributed by atoms with Gasteiger partial charge in [-0.2, -0.15) is 0 Å². The van der Waals surface area contributed by atoms with Crippen molar-refractivity contribution in [3.63, 3.8) is 0 Å². The fourth-order valence-corrected chi connectivity index (χ4v) is 4.54. The summed E-state index contributed by atoms with van der Waals surface area (Å²) in [5.41, 5.74) is 1.92. The number of halogens is 1. The molecule has 198 valence electrons. The van der Waals surface area contributed by atoms with E-state index in [-0.39, 0.29) is 12.2 Å². The molecule has 0 atom stereocenters. The summed E-state index contributed by atoms with van der Waals surface area (Å²) >= 11 is 3.51. The minimum absolute atomic E-state index is 0.0367. The lowest BCUT2D eigenvalue weighted by Crippen LogP contribution is -2.43. The number of benzene rings is 2. The lowest BCUT2D eigenvalue weighted by molar-refractivity contribution is -0.0173. The third-order valence-electron chi connectivity index (χ3n) is 6.02. The molecule has 1 aliphatic rings. The van der Waals surface area contributed by atoms with Crippen LogP contribution >= 0.6 is 15.9 Å². The van der Waals surface area contributed by atoms with Gasteiger partial charge in [-0.3, -0.25) is 0 Å². The van der Waals surface area contributed by atoms with Crippen LogP contribution in [-0.2, 0) is 16.1 Å². The van der Waals surface area contributed by atoms with Crippen molar-refractivity contribution < 1.29 is 23.7 Å². The Morgan fingerprint density at radius 1 is 1.08 bits per heavy atom. The van der Waals surface area contributed by atoms with E-state index in [4.69, 9.17) is 18.9 Å². The Morgan fingerprint density at radius 3 is 2.49 bits per heavy atom. The zero-order valence-electron chi connectivity index (χ0n) is 21.8. The van der Waals surface area contributed by atoms with Gasteiger partial charge in [0.1, 0.15) is 29.2 Å². The van der Waals surface area contributed by atoms with Crippen LogP contribution in [0.15, 0.2) is 41.1 Å². The highest BCUT2D eigenvalue weighted by atomic mass is 79.9. The first kappa shape index (κ1) is 26.9. The largest absolute Gasteiger partial charge is 0.496 e. The molecule has 1 fully saturated rings. The number of ether oxygens (including phenoxy) is 4. The first-order valence-corrected chi connectivity index (χ1v) is 13.0. The second kappa shape index (κ2) is 11.5. The molecule has 0 unspecified atom stereocenters. The van der Waals surface area contributed by atoms with Gasteiger partial charge in [0, 0.05) is 34.6 Å². The average molecular weight is 573 g/mol. The Hall–Kier alpha value is -3.11. The molecule has 0 bridgehead atoms. The second-order valence-corrected chi connectivity index (χ2v) is 10.8. The Bertz CT molecular complexity index is 1260. The minimum atomic E-state index is -0.503. The van der Waals surface area contributed by atoms with Gasteiger partial charge in [-0.05, 0) is 57.9 Å². The van der Waals surface area contributed by atoms with Gasteiger partial charge in [-0.15, -0.1) is 0 Å². The van der Waals surface area contributed by atoms with E-state index >= 15 is 0 Å². The summed E-state index contributed by atoms with van der Waals surface area (Å²) in [5, 5.41) is 4.21. The molecule has 4 rings (SSSR count). The smallest absolute Gasteiger partial charge is 0.410 e. The van der Waals surface area contributed by atoms with E-state index in [1.54, 1.807) is 19.1 Å². The zero-order chi connectivity index (χ0) is 26.6. The number of carbonyl (C=O) groups excluding carboxylic acids is 1. The van der Waals surface area contributed by atoms with Gasteiger partial charge < -0.3 is 29.2 Å². The fourth-order valence-electron chi connectivity index (χ4n) is 4.18. The van der Waals surface area contributed by atoms with Crippen molar-refractivity contribution in [3.05, 3.63) is 46.7 Å². The summed E-state index contributed by atoms with van der Waals surface area (Å²) in [7, 11) is 3.27. The van der Waals surface area contributed by atoms with Gasteiger partial charge in [0.05, 0.1) is 38.1 Å². The molecule has 10 heteroatoms. The molecular formula is C27H33BrN4O5. The maximum atomic E-state index is 12.3. The van der Waals surface area contributed by atoms with Crippen LogP contribution in [0.4, 0.5) is 16.3 Å². The quantitative estimate of drug-likeness (QED) is 0.364. The molecule has 1 saturated heterocycles. The molecule has 0 aliphatic carbocycles. The monoisotopic (exact) mass is 572 g/mol. The number of hydrogen-bond donors (Lipinski definition) is 1. The normalized spacial score (nSPS) is 14.5. The summed E-state index contributed by atoms with van der Waals surface area (Å²) in [6, 6.07) is 9.62. The lowest BCUT2D eigenvalue weighted by atomic mass is 10.1. The Labute approximate surface area is 225 Å². The van der Waals surface area contributed by atoms with Crippen molar-refractivity contribution in [3.8, 4) is 11.5 Å². The highest BCUT2D eigenvalue weighted by Crippen LogP contribution is 2.34. The fraction of sp³-hybridized carbons (Fsp3) is 0.444. The van der Waals surface area contributed by atoms with Crippen molar-refractivity contribution in [1.29, 1.82) is 0 Å². The second-order valence-electron chi connectivity index (χ2n) is 9.85. The number of nitrogens with zero attached hydrogens (tertiary/aromatic N) is 3. The van der Waals surface area contributed by atoms with Gasteiger partial charge in [0.15, 0.2) is 0 Å². The molecule has 2 aromatic carbocycles. The number of nitrogens with one attached hydrogen (secondary N) is 1. The molecule has 2 heterocycles. The number of anilines is 2. The van der Waals surface area contributed by atoms with Crippen LogP contribution in [0.3, 0.4) is 0 Å². The van der Waals surface area contributed by atoms with E-state index in [2.05, 4.69) is 31.2 Å². The minimum Gasteiger partial charge on any atom is -0.496 e. The van der Waals surface area contributed by atoms with E-state index < -0.39 is 5.60 Å². The predicted molar refractivity (Wildman–Crippen MR) is 146 cm³/mol. The number of piperidine rings is 1. The van der Waals surface area contributed by atoms with Gasteiger partial charge >= 0.3 is 6.09 Å². The maximum Gasteiger partial charge on any atom is 0.410 e. The average Bonchev–Trinajstić information content (AvgIpc) is 2.86. The SMILES string of the molecule is COc1cc2ncnc(Nc3cc(Br)ccc3OC)c2cc1COC1CCN(C(=O)OC(C)(C)C)CC1. The lowest BCUT2D eigenvalue weighted by Gasteiger charge is -2.33. The number of fused-ring (bicyclic) bond motifs is 1. The maximum absolute atomic E-state index is 12.3. The predicted octanol–water partition coefficient (Wildman–Crippen LogP) is 6.07. The molecule has 9 nitrogen and oxygen atoms in total. The summed E-state index contributed by atoms with van der Waals surface area (Å²) < 4.78 is 23.8. The van der Waals surface area contributed by atoms with Gasteiger partial charge in [-0.25, -0.2) is 14.8 Å². The van der Waals surface area contributed by atoms with Crippen molar-refractivity contribution in [2.24, 2.45) is 0 Å². The summed E-state index contributed by atoms with van der Waals surface area (Å²) in [5.74, 6) is 2.05. The van der Waals surface area contributed by atoms with E-state index in [0.29, 0.717) is 37.0 Å². The summed E-state index contributed by atoms with van der Waals surface area (Å²) in [4.78, 5) is 23.0. The number of carbonyl (C=O) groups is 1. The van der Waals surface area contributed by atoms with Crippen LogP contribution < -0.4 is 14.8 Å². The van der Waals surface area contributed by atoms with Gasteiger partial charge in [-0.1, -0.05) is 15.9 Å². The zero-order valence-corrected chi connectivity index (χ0v) is 23.4. The molecule has 37 heavy (non-hydrogen) atoms. The summed E-state index contributed by atoms with van der Waals surface area (Å²) in [6.07, 6.45) is 2.77. The van der Waals surface area contributed by atoms with Crippen LogP contribution in [0.25, 0.3) is 10.9 Å². The topological polar surface area (TPSA) is 95.0 Å². The van der Waals surface area contributed by atoms with Gasteiger partial charge in [0.2, 0.25) is 0 Å². The van der Waals surface area contributed by atoms with Crippen LogP contribution in [0.5, 0.6) is 11.5 Å². The molecule has 0 saturated carbocycles. The van der Waals surface area contributed by atoms with Crippen molar-refractivity contribution in [1.82, 2.24) is 14.9 Å². The van der Waals surface area contributed by atoms with Gasteiger partial charge in [0.25, 0.3) is 0 Å². The first-order chi connectivity index (χ1) is 17.7. The van der Waals surface area contributed by atoms with Crippen LogP contribution in [0.2, 0.25) is 0 Å².